The minimum atomic E-state index is -1.49. The summed E-state index contributed by atoms with van der Waals surface area (Å²) in [5.41, 5.74) is 11.1. The maximum Gasteiger partial charge on any atom is 0.235 e. The Morgan fingerprint density at radius 2 is 1.87 bits per heavy atom. The second-order valence-electron chi connectivity index (χ2n) is 9.04. The van der Waals surface area contributed by atoms with Crippen molar-refractivity contribution in [2.24, 2.45) is 16.9 Å². The predicted octanol–water partition coefficient (Wildman–Crippen LogP) is 4.47. The molecule has 4 nitrogen and oxygen atoms in total. The first-order valence-electron chi connectivity index (χ1n) is 9.60. The molecule has 0 aliphatic carbocycles. The van der Waals surface area contributed by atoms with Crippen molar-refractivity contribution in [1.29, 1.82) is 0 Å². The molecule has 2 aromatic rings. The molecule has 1 aliphatic rings. The second kappa shape index (κ2) is 8.08. The van der Waals surface area contributed by atoms with Gasteiger partial charge in [-0.2, -0.15) is 0 Å². The zero-order chi connectivity index (χ0) is 22.4. The van der Waals surface area contributed by atoms with Gasteiger partial charge in [0.2, 0.25) is 5.91 Å². The van der Waals surface area contributed by atoms with E-state index in [4.69, 9.17) is 34.7 Å². The molecule has 8 heteroatoms. The number of nitrogens with one attached hydrogen (secondary N) is 1. The molecule has 162 valence electrons. The van der Waals surface area contributed by atoms with Crippen molar-refractivity contribution in [3.8, 4) is 0 Å². The Balaban J connectivity index is 2.30. The third-order valence-electron chi connectivity index (χ3n) is 5.64. The predicted molar refractivity (Wildman–Crippen MR) is 115 cm³/mol. The van der Waals surface area contributed by atoms with Crippen LogP contribution in [0.1, 0.15) is 44.2 Å². The summed E-state index contributed by atoms with van der Waals surface area (Å²) in [5.74, 6) is -3.04. The molecule has 0 aromatic heterocycles. The number of amides is 1. The number of carbonyl (C=O) groups is 1. The highest BCUT2D eigenvalue weighted by molar-refractivity contribution is 6.31. The summed E-state index contributed by atoms with van der Waals surface area (Å²) in [4.78, 5) is 12.4. The molecule has 0 saturated carbocycles. The van der Waals surface area contributed by atoms with Gasteiger partial charge in [0, 0.05) is 22.5 Å². The van der Waals surface area contributed by atoms with E-state index < -0.39 is 41.1 Å². The first-order chi connectivity index (χ1) is 13.9. The average Bonchev–Trinajstić information content (AvgIpc) is 2.89. The van der Waals surface area contributed by atoms with Crippen LogP contribution in [0.5, 0.6) is 0 Å². The molecule has 1 fully saturated rings. The molecule has 0 bridgehead atoms. The van der Waals surface area contributed by atoms with Gasteiger partial charge in [-0.1, -0.05) is 62.2 Å². The molecule has 4 atom stereocenters. The van der Waals surface area contributed by atoms with Crippen LogP contribution in [-0.4, -0.2) is 18.0 Å². The highest BCUT2D eigenvalue weighted by Crippen LogP contribution is 2.49. The summed E-state index contributed by atoms with van der Waals surface area (Å²) in [5, 5.41) is 3.25. The number of halogens is 4. The van der Waals surface area contributed by atoms with Crippen LogP contribution in [-0.2, 0) is 10.3 Å². The van der Waals surface area contributed by atoms with E-state index in [1.54, 1.807) is 6.07 Å². The van der Waals surface area contributed by atoms with Crippen LogP contribution in [0.25, 0.3) is 0 Å². The van der Waals surface area contributed by atoms with Gasteiger partial charge in [0.15, 0.2) is 0 Å². The zero-order valence-corrected chi connectivity index (χ0v) is 18.5. The fourth-order valence-corrected chi connectivity index (χ4v) is 4.76. The molecule has 0 radical (unpaired) electrons. The summed E-state index contributed by atoms with van der Waals surface area (Å²) in [6, 6.07) is 7.02. The molecule has 5 N–H and O–H groups in total. The molecule has 1 aliphatic heterocycles. The lowest BCUT2D eigenvalue weighted by Crippen LogP contribution is -2.52. The number of benzene rings is 2. The van der Waals surface area contributed by atoms with E-state index in [9.17, 15) is 4.79 Å². The largest absolute Gasteiger partial charge is 0.368 e. The van der Waals surface area contributed by atoms with Gasteiger partial charge in [-0.15, -0.1) is 0 Å². The maximum atomic E-state index is 15.1. The van der Waals surface area contributed by atoms with Gasteiger partial charge in [-0.05, 0) is 35.6 Å². The minimum absolute atomic E-state index is 0.104. The van der Waals surface area contributed by atoms with Crippen molar-refractivity contribution in [3.05, 3.63) is 69.2 Å². The van der Waals surface area contributed by atoms with Gasteiger partial charge in [-0.25, -0.2) is 8.78 Å². The highest BCUT2D eigenvalue weighted by Gasteiger charge is 2.58. The van der Waals surface area contributed by atoms with Crippen molar-refractivity contribution in [2.45, 2.75) is 50.7 Å². The first-order valence-corrected chi connectivity index (χ1v) is 10.4. The molecule has 1 amide bonds. The van der Waals surface area contributed by atoms with Gasteiger partial charge in [0.25, 0.3) is 0 Å². The Bertz CT molecular complexity index is 979. The maximum absolute atomic E-state index is 15.1. The van der Waals surface area contributed by atoms with Crippen LogP contribution in [0.4, 0.5) is 8.78 Å². The first kappa shape index (κ1) is 22.9. The number of nitrogens with two attached hydrogens (primary N) is 2. The van der Waals surface area contributed by atoms with E-state index in [1.807, 2.05) is 20.8 Å². The van der Waals surface area contributed by atoms with Crippen LogP contribution in [0.15, 0.2) is 36.4 Å². The Labute approximate surface area is 184 Å². The number of hydrogen-bond donors (Lipinski definition) is 3. The minimum Gasteiger partial charge on any atom is -0.368 e. The van der Waals surface area contributed by atoms with Gasteiger partial charge in [0.1, 0.15) is 11.6 Å². The lowest BCUT2D eigenvalue weighted by atomic mass is 9.68. The van der Waals surface area contributed by atoms with E-state index in [-0.39, 0.29) is 26.6 Å². The molecule has 0 unspecified atom stereocenters. The van der Waals surface area contributed by atoms with Crippen molar-refractivity contribution in [3.63, 3.8) is 0 Å². The molecule has 1 heterocycles. The number of carbonyl (C=O) groups excluding carboxylic acids is 1. The van der Waals surface area contributed by atoms with E-state index in [0.29, 0.717) is 6.42 Å². The van der Waals surface area contributed by atoms with Crippen molar-refractivity contribution < 1.29 is 13.6 Å². The zero-order valence-electron chi connectivity index (χ0n) is 17.0. The van der Waals surface area contributed by atoms with Gasteiger partial charge < -0.3 is 16.8 Å². The van der Waals surface area contributed by atoms with E-state index in [1.165, 1.54) is 24.3 Å². The lowest BCUT2D eigenvalue weighted by Gasteiger charge is -2.39. The van der Waals surface area contributed by atoms with E-state index in [2.05, 4.69) is 5.32 Å². The topological polar surface area (TPSA) is 81.1 Å². The van der Waals surface area contributed by atoms with Gasteiger partial charge in [-0.3, -0.25) is 4.79 Å². The molecule has 1 saturated heterocycles. The smallest absolute Gasteiger partial charge is 0.235 e. The fourth-order valence-electron chi connectivity index (χ4n) is 4.42. The molecular formula is C22H25Cl2F2N3O. The van der Waals surface area contributed by atoms with Gasteiger partial charge in [0.05, 0.1) is 16.6 Å². The van der Waals surface area contributed by atoms with E-state index >= 15 is 8.78 Å². The Morgan fingerprint density at radius 1 is 1.20 bits per heavy atom. The quantitative estimate of drug-likeness (QED) is 0.635. The van der Waals surface area contributed by atoms with Crippen molar-refractivity contribution >= 4 is 29.1 Å². The van der Waals surface area contributed by atoms with Crippen LogP contribution < -0.4 is 16.8 Å². The summed E-state index contributed by atoms with van der Waals surface area (Å²) in [7, 11) is 0. The Kier molecular flexibility index (Phi) is 6.18. The van der Waals surface area contributed by atoms with Crippen molar-refractivity contribution in [1.82, 2.24) is 5.32 Å². The lowest BCUT2D eigenvalue weighted by molar-refractivity contribution is -0.120. The fraction of sp³-hybridized carbons (Fsp3) is 0.409. The van der Waals surface area contributed by atoms with Crippen molar-refractivity contribution in [2.75, 3.05) is 0 Å². The molecule has 30 heavy (non-hydrogen) atoms. The van der Waals surface area contributed by atoms with Crippen LogP contribution >= 0.6 is 23.2 Å². The molecule has 2 aromatic carbocycles. The highest BCUT2D eigenvalue weighted by atomic mass is 35.5. The number of hydrogen-bond acceptors (Lipinski definition) is 3. The normalized spacial score (nSPS) is 26.7. The van der Waals surface area contributed by atoms with Crippen LogP contribution in [0, 0.1) is 17.0 Å². The van der Waals surface area contributed by atoms with Gasteiger partial charge >= 0.3 is 0 Å². The summed E-state index contributed by atoms with van der Waals surface area (Å²) < 4.78 is 30.2. The SMILES string of the molecule is CC(C)(C)C[C@@H]1N[C@@H](C(N)=O)[C@H](c2cccc(Cl)c2F)[C@@]1(N)c1ccc(Cl)cc1F. The summed E-state index contributed by atoms with van der Waals surface area (Å²) in [6.07, 6.45) is 0.480. The molecule has 0 spiro atoms. The third kappa shape index (κ3) is 4.06. The average molecular weight is 456 g/mol. The standard InChI is InChI=1S/C22H25Cl2F2N3O/c1-21(2,3)10-16-22(28,13-8-7-11(23)9-15(13)25)17(19(29-16)20(27)30)12-5-4-6-14(24)18(12)26/h4-9,16-17,19,29H,10,28H2,1-3H3,(H2,27,30)/t16-,17-,19+,22+/m0/s1. The number of primary amides is 1. The Hall–Kier alpha value is -1.73. The second-order valence-corrected chi connectivity index (χ2v) is 9.89. The van der Waals surface area contributed by atoms with E-state index in [0.717, 1.165) is 6.07 Å². The van der Waals surface area contributed by atoms with Crippen LogP contribution in [0.3, 0.4) is 0 Å². The summed E-state index contributed by atoms with van der Waals surface area (Å²) >= 11 is 12.0. The summed E-state index contributed by atoms with van der Waals surface area (Å²) in [6.45, 7) is 6.00. The molecule has 3 rings (SSSR count). The Morgan fingerprint density at radius 3 is 2.43 bits per heavy atom. The monoisotopic (exact) mass is 455 g/mol. The third-order valence-corrected chi connectivity index (χ3v) is 6.17. The molecular weight excluding hydrogens is 431 g/mol. The van der Waals surface area contributed by atoms with Crippen LogP contribution in [0.2, 0.25) is 10.0 Å². The number of rotatable bonds is 4.